The summed E-state index contributed by atoms with van der Waals surface area (Å²) in [4.78, 5) is 2.56. The van der Waals surface area contributed by atoms with Crippen LogP contribution >= 0.6 is 0 Å². The molecule has 0 saturated carbocycles. The average Bonchev–Trinajstić information content (AvgIpc) is 2.74. The van der Waals surface area contributed by atoms with Crippen molar-refractivity contribution in [3.63, 3.8) is 0 Å². The van der Waals surface area contributed by atoms with Crippen LogP contribution in [0.3, 0.4) is 0 Å². The van der Waals surface area contributed by atoms with Gasteiger partial charge < -0.3 is 5.73 Å². The van der Waals surface area contributed by atoms with E-state index in [9.17, 15) is 0 Å². The van der Waals surface area contributed by atoms with Gasteiger partial charge in [0, 0.05) is 0 Å². The fraction of sp³-hybridized carbons (Fsp3) is 1.00. The zero-order valence-electron chi connectivity index (χ0n) is 20.9. The van der Waals surface area contributed by atoms with E-state index in [4.69, 9.17) is 5.73 Å². The third kappa shape index (κ3) is 21.0. The zero-order chi connectivity index (χ0) is 21.4. The molecule has 0 aromatic rings. The number of hydrogen-bond acceptors (Lipinski definition) is 2. The Bertz CT molecular complexity index is 268. The molecule has 0 heterocycles. The molecule has 176 valence electrons. The maximum atomic E-state index is 6.38. The first-order chi connectivity index (χ1) is 14.3. The van der Waals surface area contributed by atoms with Gasteiger partial charge in [-0.25, -0.2) is 0 Å². The van der Waals surface area contributed by atoms with Crippen molar-refractivity contribution in [2.75, 3.05) is 13.1 Å². The molecule has 0 amide bonds. The van der Waals surface area contributed by atoms with Gasteiger partial charge in [0.2, 0.25) is 0 Å². The van der Waals surface area contributed by atoms with Gasteiger partial charge in [0.1, 0.15) is 0 Å². The maximum absolute atomic E-state index is 6.38. The Morgan fingerprint density at radius 2 is 0.724 bits per heavy atom. The van der Waals surface area contributed by atoms with E-state index in [0.29, 0.717) is 0 Å². The second kappa shape index (κ2) is 24.2. The summed E-state index contributed by atoms with van der Waals surface area (Å²) in [6, 6.07) is 0. The molecule has 0 bridgehead atoms. The Hall–Kier alpha value is -0.0800. The van der Waals surface area contributed by atoms with E-state index in [1.807, 2.05) is 0 Å². The molecule has 0 aliphatic carbocycles. The number of nitrogens with two attached hydrogens (primary N) is 1. The van der Waals surface area contributed by atoms with E-state index in [-0.39, 0.29) is 6.17 Å². The third-order valence-electron chi connectivity index (χ3n) is 6.49. The summed E-state index contributed by atoms with van der Waals surface area (Å²) in [5, 5.41) is 0. The van der Waals surface area contributed by atoms with Crippen molar-refractivity contribution in [3.05, 3.63) is 0 Å². The second-order valence-corrected chi connectivity index (χ2v) is 9.38. The molecule has 0 radical (unpaired) electrons. The summed E-state index contributed by atoms with van der Waals surface area (Å²) in [6.45, 7) is 9.25. The summed E-state index contributed by atoms with van der Waals surface area (Å²) >= 11 is 0. The van der Waals surface area contributed by atoms with Gasteiger partial charge in [-0.15, -0.1) is 0 Å². The van der Waals surface area contributed by atoms with Gasteiger partial charge in [0.15, 0.2) is 0 Å². The first-order valence-corrected chi connectivity index (χ1v) is 13.8. The van der Waals surface area contributed by atoms with Crippen LogP contribution in [0.25, 0.3) is 0 Å². The van der Waals surface area contributed by atoms with E-state index in [0.717, 1.165) is 6.42 Å². The standard InChI is InChI=1S/C27H58N2/c1-4-7-9-11-13-15-17-19-21-23-25-29(27(28)6-3)26-24-22-20-18-16-14-12-10-8-5-2/h27H,4-26,28H2,1-3H3. The summed E-state index contributed by atoms with van der Waals surface area (Å²) < 4.78 is 0. The van der Waals surface area contributed by atoms with Crippen molar-refractivity contribution in [3.8, 4) is 0 Å². The molecule has 2 nitrogen and oxygen atoms in total. The number of unbranched alkanes of at least 4 members (excludes halogenated alkanes) is 18. The lowest BCUT2D eigenvalue weighted by Crippen LogP contribution is -2.42. The van der Waals surface area contributed by atoms with Crippen LogP contribution in [0.2, 0.25) is 0 Å². The lowest BCUT2D eigenvalue weighted by atomic mass is 10.1. The van der Waals surface area contributed by atoms with E-state index in [1.54, 1.807) is 0 Å². The molecule has 0 aliphatic rings. The predicted octanol–water partition coefficient (Wildman–Crippen LogP) is 8.83. The van der Waals surface area contributed by atoms with Crippen molar-refractivity contribution in [2.24, 2.45) is 5.73 Å². The van der Waals surface area contributed by atoms with Gasteiger partial charge in [0.05, 0.1) is 6.17 Å². The molecule has 0 saturated heterocycles. The van der Waals surface area contributed by atoms with Crippen molar-refractivity contribution >= 4 is 0 Å². The van der Waals surface area contributed by atoms with Gasteiger partial charge in [-0.3, -0.25) is 4.90 Å². The van der Waals surface area contributed by atoms with Crippen LogP contribution in [0.15, 0.2) is 0 Å². The third-order valence-corrected chi connectivity index (χ3v) is 6.49. The van der Waals surface area contributed by atoms with Crippen molar-refractivity contribution in [1.29, 1.82) is 0 Å². The van der Waals surface area contributed by atoms with Gasteiger partial charge in [-0.05, 0) is 32.4 Å². The quantitative estimate of drug-likeness (QED) is 0.127. The van der Waals surface area contributed by atoms with Crippen LogP contribution in [0.1, 0.15) is 156 Å². The molecule has 0 spiro atoms. The molecule has 0 aliphatic heterocycles. The van der Waals surface area contributed by atoms with Crippen molar-refractivity contribution in [1.82, 2.24) is 4.90 Å². The van der Waals surface area contributed by atoms with Gasteiger partial charge in [-0.1, -0.05) is 136 Å². The van der Waals surface area contributed by atoms with Crippen molar-refractivity contribution in [2.45, 2.75) is 162 Å². The van der Waals surface area contributed by atoms with Crippen LogP contribution in [-0.2, 0) is 0 Å². The van der Waals surface area contributed by atoms with Crippen LogP contribution in [0.5, 0.6) is 0 Å². The summed E-state index contributed by atoms with van der Waals surface area (Å²) in [5.41, 5.74) is 6.38. The maximum Gasteiger partial charge on any atom is 0.0569 e. The first kappa shape index (κ1) is 28.9. The average molecular weight is 411 g/mol. The molecule has 2 N–H and O–H groups in total. The molecule has 2 heteroatoms. The predicted molar refractivity (Wildman–Crippen MR) is 134 cm³/mol. The Morgan fingerprint density at radius 1 is 0.448 bits per heavy atom. The zero-order valence-corrected chi connectivity index (χ0v) is 20.9. The van der Waals surface area contributed by atoms with Crippen LogP contribution in [-0.4, -0.2) is 24.2 Å². The number of rotatable bonds is 24. The Kier molecular flexibility index (Phi) is 24.1. The summed E-state index contributed by atoms with van der Waals surface area (Å²) in [6.07, 6.45) is 29.6. The number of nitrogens with zero attached hydrogens (tertiary/aromatic N) is 1. The summed E-state index contributed by atoms with van der Waals surface area (Å²) in [7, 11) is 0. The SMILES string of the molecule is CCCCCCCCCCCCN(CCCCCCCCCCCC)C(N)CC. The topological polar surface area (TPSA) is 29.3 Å². The van der Waals surface area contributed by atoms with E-state index >= 15 is 0 Å². The highest BCUT2D eigenvalue weighted by Crippen LogP contribution is 2.13. The molecule has 1 unspecified atom stereocenters. The second-order valence-electron chi connectivity index (χ2n) is 9.38. The highest BCUT2D eigenvalue weighted by atomic mass is 15.2. The minimum atomic E-state index is 0.270. The molecule has 0 rings (SSSR count). The van der Waals surface area contributed by atoms with Crippen LogP contribution < -0.4 is 5.73 Å². The molecular formula is C27H58N2. The fourth-order valence-corrected chi connectivity index (χ4v) is 4.31. The van der Waals surface area contributed by atoms with E-state index in [1.165, 1.54) is 142 Å². The largest absolute Gasteiger partial charge is 0.316 e. The van der Waals surface area contributed by atoms with E-state index < -0.39 is 0 Å². The summed E-state index contributed by atoms with van der Waals surface area (Å²) in [5.74, 6) is 0. The minimum Gasteiger partial charge on any atom is -0.316 e. The fourth-order valence-electron chi connectivity index (χ4n) is 4.31. The lowest BCUT2D eigenvalue weighted by molar-refractivity contribution is 0.186. The minimum absolute atomic E-state index is 0.270. The number of hydrogen-bond donors (Lipinski definition) is 1. The van der Waals surface area contributed by atoms with Gasteiger partial charge in [0.25, 0.3) is 0 Å². The molecule has 0 aromatic heterocycles. The monoisotopic (exact) mass is 410 g/mol. The highest BCUT2D eigenvalue weighted by molar-refractivity contribution is 4.65. The molecule has 1 atom stereocenters. The first-order valence-electron chi connectivity index (χ1n) is 13.8. The normalized spacial score (nSPS) is 12.7. The Morgan fingerprint density at radius 3 is 1.00 bits per heavy atom. The lowest BCUT2D eigenvalue weighted by Gasteiger charge is -2.28. The van der Waals surface area contributed by atoms with Gasteiger partial charge in [-0.2, -0.15) is 0 Å². The highest BCUT2D eigenvalue weighted by Gasteiger charge is 2.11. The molecule has 0 aromatic carbocycles. The van der Waals surface area contributed by atoms with Crippen LogP contribution in [0.4, 0.5) is 0 Å². The van der Waals surface area contributed by atoms with Gasteiger partial charge >= 0.3 is 0 Å². The molecule has 0 fully saturated rings. The Labute approximate surface area is 185 Å². The Balaban J connectivity index is 3.57. The molecular weight excluding hydrogens is 352 g/mol. The van der Waals surface area contributed by atoms with Crippen molar-refractivity contribution < 1.29 is 0 Å². The van der Waals surface area contributed by atoms with Crippen LogP contribution in [0, 0.1) is 0 Å². The van der Waals surface area contributed by atoms with E-state index in [2.05, 4.69) is 25.7 Å². The molecule has 29 heavy (non-hydrogen) atoms. The smallest absolute Gasteiger partial charge is 0.0569 e.